The molecule has 3 nitrogen and oxygen atoms in total. The van der Waals surface area contributed by atoms with Gasteiger partial charge in [-0.15, -0.1) is 0 Å². The fourth-order valence-corrected chi connectivity index (χ4v) is 1.62. The molecule has 1 saturated heterocycles. The molecule has 0 spiro atoms. The number of hydrazine groups is 1. The van der Waals surface area contributed by atoms with E-state index in [1.165, 1.54) is 6.42 Å². The van der Waals surface area contributed by atoms with Crippen molar-refractivity contribution in [1.82, 2.24) is 5.43 Å². The average Bonchev–Trinajstić information content (AvgIpc) is 2.39. The average molecular weight is 158 g/mol. The molecule has 0 saturated carbocycles. The molecule has 66 valence electrons. The zero-order chi connectivity index (χ0) is 8.27. The number of hydrogen-bond acceptors (Lipinski definition) is 3. The Hall–Kier alpha value is -0.120. The topological polar surface area (TPSA) is 47.3 Å². The Labute approximate surface area is 68.3 Å². The van der Waals surface area contributed by atoms with Crippen molar-refractivity contribution < 1.29 is 4.74 Å². The van der Waals surface area contributed by atoms with Crippen molar-refractivity contribution in [2.45, 2.75) is 51.4 Å². The summed E-state index contributed by atoms with van der Waals surface area (Å²) in [6.45, 7) is 4.24. The van der Waals surface area contributed by atoms with Gasteiger partial charge in [-0.25, -0.2) is 0 Å². The fourth-order valence-electron chi connectivity index (χ4n) is 1.62. The van der Waals surface area contributed by atoms with E-state index in [1.807, 2.05) is 0 Å². The van der Waals surface area contributed by atoms with Crippen LogP contribution in [-0.4, -0.2) is 18.2 Å². The molecule has 1 heterocycles. The van der Waals surface area contributed by atoms with Gasteiger partial charge in [0, 0.05) is 6.04 Å². The Morgan fingerprint density at radius 2 is 2.36 bits per heavy atom. The van der Waals surface area contributed by atoms with Gasteiger partial charge in [0.2, 0.25) is 0 Å². The maximum absolute atomic E-state index is 5.66. The standard InChI is InChI=1S/C8H18N2O/c1-3-7(10-9)8-5-4-6(2)11-8/h6-8,10H,3-5,9H2,1-2H3. The lowest BCUT2D eigenvalue weighted by Crippen LogP contribution is -2.43. The monoisotopic (exact) mass is 158 g/mol. The molecule has 0 amide bonds. The van der Waals surface area contributed by atoms with Gasteiger partial charge in [-0.05, 0) is 26.2 Å². The van der Waals surface area contributed by atoms with Gasteiger partial charge in [0.1, 0.15) is 0 Å². The Morgan fingerprint density at radius 1 is 1.64 bits per heavy atom. The van der Waals surface area contributed by atoms with Crippen molar-refractivity contribution in [2.75, 3.05) is 0 Å². The van der Waals surface area contributed by atoms with E-state index in [-0.39, 0.29) is 0 Å². The van der Waals surface area contributed by atoms with E-state index in [1.54, 1.807) is 0 Å². The van der Waals surface area contributed by atoms with Crippen LogP contribution in [-0.2, 0) is 4.74 Å². The Balaban J connectivity index is 2.34. The Morgan fingerprint density at radius 3 is 2.73 bits per heavy atom. The molecule has 0 bridgehead atoms. The van der Waals surface area contributed by atoms with Crippen LogP contribution in [0.5, 0.6) is 0 Å². The molecule has 3 atom stereocenters. The number of rotatable bonds is 3. The van der Waals surface area contributed by atoms with Crippen LogP contribution in [0.2, 0.25) is 0 Å². The van der Waals surface area contributed by atoms with Crippen LogP contribution in [0.3, 0.4) is 0 Å². The summed E-state index contributed by atoms with van der Waals surface area (Å²) in [4.78, 5) is 0. The zero-order valence-corrected chi connectivity index (χ0v) is 7.34. The first-order valence-electron chi connectivity index (χ1n) is 4.39. The number of hydrogen-bond donors (Lipinski definition) is 2. The Bertz CT molecular complexity index is 115. The van der Waals surface area contributed by atoms with E-state index >= 15 is 0 Å². The van der Waals surface area contributed by atoms with E-state index in [4.69, 9.17) is 10.6 Å². The van der Waals surface area contributed by atoms with Crippen molar-refractivity contribution in [3.63, 3.8) is 0 Å². The normalized spacial score (nSPS) is 34.1. The highest BCUT2D eigenvalue weighted by Crippen LogP contribution is 2.22. The van der Waals surface area contributed by atoms with E-state index in [0.29, 0.717) is 18.2 Å². The van der Waals surface area contributed by atoms with Crippen molar-refractivity contribution in [3.05, 3.63) is 0 Å². The smallest absolute Gasteiger partial charge is 0.0745 e. The number of nitrogens with two attached hydrogens (primary N) is 1. The lowest BCUT2D eigenvalue weighted by molar-refractivity contribution is 0.0312. The highest BCUT2D eigenvalue weighted by molar-refractivity contribution is 4.80. The molecular formula is C8H18N2O. The molecule has 0 aliphatic carbocycles. The minimum atomic E-state index is 0.333. The summed E-state index contributed by atoms with van der Waals surface area (Å²) in [5.41, 5.74) is 2.79. The lowest BCUT2D eigenvalue weighted by atomic mass is 10.1. The van der Waals surface area contributed by atoms with Crippen LogP contribution in [0.15, 0.2) is 0 Å². The summed E-state index contributed by atoms with van der Waals surface area (Å²) in [6.07, 6.45) is 4.10. The van der Waals surface area contributed by atoms with Gasteiger partial charge < -0.3 is 4.74 Å². The van der Waals surface area contributed by atoms with E-state index in [2.05, 4.69) is 19.3 Å². The molecule has 1 rings (SSSR count). The van der Waals surface area contributed by atoms with Gasteiger partial charge in [0.15, 0.2) is 0 Å². The van der Waals surface area contributed by atoms with Gasteiger partial charge >= 0.3 is 0 Å². The minimum absolute atomic E-state index is 0.333. The summed E-state index contributed by atoms with van der Waals surface area (Å²) in [6, 6.07) is 0.333. The van der Waals surface area contributed by atoms with E-state index in [9.17, 15) is 0 Å². The predicted octanol–water partition coefficient (Wildman–Crippen LogP) is 0.796. The van der Waals surface area contributed by atoms with Crippen LogP contribution in [0, 0.1) is 0 Å². The summed E-state index contributed by atoms with van der Waals surface area (Å²) in [5.74, 6) is 5.38. The van der Waals surface area contributed by atoms with Gasteiger partial charge in [-0.1, -0.05) is 6.92 Å². The molecule has 0 aromatic heterocycles. The first-order chi connectivity index (χ1) is 5.27. The van der Waals surface area contributed by atoms with Crippen LogP contribution in [0.4, 0.5) is 0 Å². The first-order valence-corrected chi connectivity index (χ1v) is 4.39. The molecule has 3 unspecified atom stereocenters. The third kappa shape index (κ3) is 2.15. The Kier molecular flexibility index (Phi) is 3.30. The van der Waals surface area contributed by atoms with Gasteiger partial charge in [-0.2, -0.15) is 0 Å². The quantitative estimate of drug-likeness (QED) is 0.471. The van der Waals surface area contributed by atoms with Gasteiger partial charge in [-0.3, -0.25) is 11.3 Å². The second-order valence-corrected chi connectivity index (χ2v) is 3.24. The third-order valence-corrected chi connectivity index (χ3v) is 2.37. The van der Waals surface area contributed by atoms with Crippen molar-refractivity contribution >= 4 is 0 Å². The van der Waals surface area contributed by atoms with Crippen molar-refractivity contribution in [3.8, 4) is 0 Å². The van der Waals surface area contributed by atoms with E-state index in [0.717, 1.165) is 12.8 Å². The molecule has 1 fully saturated rings. The molecular weight excluding hydrogens is 140 g/mol. The van der Waals surface area contributed by atoms with Crippen molar-refractivity contribution in [1.29, 1.82) is 0 Å². The van der Waals surface area contributed by atoms with Crippen LogP contribution in [0.25, 0.3) is 0 Å². The summed E-state index contributed by atoms with van der Waals surface area (Å²) in [7, 11) is 0. The summed E-state index contributed by atoms with van der Waals surface area (Å²) in [5, 5.41) is 0. The largest absolute Gasteiger partial charge is 0.374 e. The molecule has 0 aromatic rings. The zero-order valence-electron chi connectivity index (χ0n) is 7.34. The molecule has 0 radical (unpaired) electrons. The maximum Gasteiger partial charge on any atom is 0.0745 e. The summed E-state index contributed by atoms with van der Waals surface area (Å²) < 4.78 is 5.66. The third-order valence-electron chi connectivity index (χ3n) is 2.37. The van der Waals surface area contributed by atoms with Gasteiger partial charge in [0.05, 0.1) is 12.2 Å². The van der Waals surface area contributed by atoms with Gasteiger partial charge in [0.25, 0.3) is 0 Å². The van der Waals surface area contributed by atoms with E-state index < -0.39 is 0 Å². The molecule has 0 aromatic carbocycles. The minimum Gasteiger partial charge on any atom is -0.374 e. The second-order valence-electron chi connectivity index (χ2n) is 3.24. The van der Waals surface area contributed by atoms with Crippen molar-refractivity contribution in [2.24, 2.45) is 5.84 Å². The van der Waals surface area contributed by atoms with Crippen LogP contribution < -0.4 is 11.3 Å². The molecule has 1 aliphatic heterocycles. The predicted molar refractivity (Wildman–Crippen MR) is 45.0 cm³/mol. The number of nitrogens with one attached hydrogen (secondary N) is 1. The highest BCUT2D eigenvalue weighted by atomic mass is 16.5. The van der Waals surface area contributed by atoms with Crippen LogP contribution in [0.1, 0.15) is 33.1 Å². The fraction of sp³-hybridized carbons (Fsp3) is 1.00. The molecule has 1 aliphatic rings. The lowest BCUT2D eigenvalue weighted by Gasteiger charge is -2.20. The molecule has 3 heteroatoms. The highest BCUT2D eigenvalue weighted by Gasteiger charge is 2.27. The molecule has 3 N–H and O–H groups in total. The maximum atomic E-state index is 5.66. The van der Waals surface area contributed by atoms with Crippen LogP contribution >= 0.6 is 0 Å². The number of ether oxygens (including phenoxy) is 1. The SMILES string of the molecule is CCC(NN)C1CCC(C)O1. The first kappa shape index (κ1) is 8.97. The molecule has 11 heavy (non-hydrogen) atoms. The second kappa shape index (κ2) is 4.04. The summed E-state index contributed by atoms with van der Waals surface area (Å²) >= 11 is 0.